The van der Waals surface area contributed by atoms with Crippen LogP contribution in [0.3, 0.4) is 0 Å². The summed E-state index contributed by atoms with van der Waals surface area (Å²) in [4.78, 5) is 19.0. The number of rotatable bonds is 3. The van der Waals surface area contributed by atoms with Crippen molar-refractivity contribution in [1.82, 2.24) is 15.1 Å². The number of para-hydroxylation sites is 1. The van der Waals surface area contributed by atoms with E-state index < -0.39 is 0 Å². The fourth-order valence-electron chi connectivity index (χ4n) is 3.83. The van der Waals surface area contributed by atoms with Crippen LogP contribution in [0, 0.1) is 0 Å². The molecule has 0 radical (unpaired) electrons. The second-order valence-electron chi connectivity index (χ2n) is 7.28. The van der Waals surface area contributed by atoms with E-state index in [-0.39, 0.29) is 5.91 Å². The molecule has 0 N–H and O–H groups in total. The Labute approximate surface area is 168 Å². The average molecular weight is 393 g/mol. The van der Waals surface area contributed by atoms with Crippen LogP contribution in [0.4, 0.5) is 11.6 Å². The van der Waals surface area contributed by atoms with Gasteiger partial charge >= 0.3 is 0 Å². The molecule has 0 saturated carbocycles. The molecule has 1 amide bonds. The van der Waals surface area contributed by atoms with Gasteiger partial charge in [-0.15, -0.1) is 10.2 Å². The first-order valence-electron chi connectivity index (χ1n) is 9.97. The highest BCUT2D eigenvalue weighted by molar-refractivity contribution is 5.96. The number of carbonyl (C=O) groups excluding carboxylic acids is 1. The number of piperazine rings is 1. The smallest absolute Gasteiger partial charge is 0.289 e. The van der Waals surface area contributed by atoms with Gasteiger partial charge in [0.25, 0.3) is 5.91 Å². The summed E-state index contributed by atoms with van der Waals surface area (Å²) in [6.07, 6.45) is 0. The Morgan fingerprint density at radius 3 is 2.14 bits per heavy atom. The maximum Gasteiger partial charge on any atom is 0.289 e. The molecule has 1 aromatic carbocycles. The highest BCUT2D eigenvalue weighted by Crippen LogP contribution is 2.22. The summed E-state index contributed by atoms with van der Waals surface area (Å²) in [6, 6.07) is 13.5. The van der Waals surface area contributed by atoms with E-state index in [1.54, 1.807) is 0 Å². The van der Waals surface area contributed by atoms with E-state index in [1.807, 2.05) is 47.4 Å². The minimum absolute atomic E-state index is 0.0606. The van der Waals surface area contributed by atoms with Gasteiger partial charge in [0.2, 0.25) is 0 Å². The highest BCUT2D eigenvalue weighted by atomic mass is 16.5. The topological polar surface area (TPSA) is 74.9 Å². The third kappa shape index (κ3) is 3.63. The summed E-state index contributed by atoms with van der Waals surface area (Å²) in [5, 5.41) is 9.74. The summed E-state index contributed by atoms with van der Waals surface area (Å²) in [5.41, 5.74) is 0.741. The van der Waals surface area contributed by atoms with Crippen molar-refractivity contribution in [2.45, 2.75) is 0 Å². The van der Waals surface area contributed by atoms with Crippen molar-refractivity contribution in [2.24, 2.45) is 0 Å². The zero-order valence-electron chi connectivity index (χ0n) is 16.2. The molecule has 150 valence electrons. The molecular weight excluding hydrogens is 370 g/mol. The molecule has 0 spiro atoms. The lowest BCUT2D eigenvalue weighted by atomic mass is 10.2. The third-order valence-corrected chi connectivity index (χ3v) is 5.50. The number of benzene rings is 1. The number of furan rings is 1. The largest absolute Gasteiger partial charge is 0.451 e. The van der Waals surface area contributed by atoms with Crippen LogP contribution >= 0.6 is 0 Å². The molecule has 0 atom stereocenters. The number of fused-ring (bicyclic) bond motifs is 1. The van der Waals surface area contributed by atoms with Crippen LogP contribution in [0.25, 0.3) is 11.0 Å². The minimum Gasteiger partial charge on any atom is -0.451 e. The molecule has 4 heterocycles. The predicted molar refractivity (Wildman–Crippen MR) is 109 cm³/mol. The molecule has 2 aromatic heterocycles. The van der Waals surface area contributed by atoms with Crippen LogP contribution in [-0.4, -0.2) is 73.5 Å². The third-order valence-electron chi connectivity index (χ3n) is 5.50. The van der Waals surface area contributed by atoms with Crippen LogP contribution < -0.4 is 9.80 Å². The van der Waals surface area contributed by atoms with Crippen LogP contribution in [0.15, 0.2) is 46.9 Å². The standard InChI is InChI=1S/C21H23N5O3/c27-21(18-15-16-3-1-2-4-17(16)29-18)26-9-7-24(8-10-26)19-5-6-20(23-22-19)25-11-13-28-14-12-25/h1-6,15H,7-14H2. The van der Waals surface area contributed by atoms with Gasteiger partial charge in [-0.3, -0.25) is 4.79 Å². The zero-order chi connectivity index (χ0) is 19.6. The lowest BCUT2D eigenvalue weighted by Gasteiger charge is -2.35. The van der Waals surface area contributed by atoms with Gasteiger partial charge in [0.05, 0.1) is 13.2 Å². The number of hydrogen-bond donors (Lipinski definition) is 0. The molecule has 2 aliphatic rings. The lowest BCUT2D eigenvalue weighted by molar-refractivity contribution is 0.0717. The summed E-state index contributed by atoms with van der Waals surface area (Å²) >= 11 is 0. The monoisotopic (exact) mass is 393 g/mol. The molecule has 8 heteroatoms. The van der Waals surface area contributed by atoms with Gasteiger partial charge in [-0.1, -0.05) is 18.2 Å². The quantitative estimate of drug-likeness (QED) is 0.674. The van der Waals surface area contributed by atoms with Gasteiger partial charge in [0.1, 0.15) is 5.58 Å². The van der Waals surface area contributed by atoms with Gasteiger partial charge in [0, 0.05) is 44.7 Å². The molecule has 8 nitrogen and oxygen atoms in total. The number of hydrogen-bond acceptors (Lipinski definition) is 7. The van der Waals surface area contributed by atoms with E-state index in [4.69, 9.17) is 9.15 Å². The Hall–Kier alpha value is -3.13. The molecule has 0 bridgehead atoms. The second-order valence-corrected chi connectivity index (χ2v) is 7.28. The molecular formula is C21H23N5O3. The Morgan fingerprint density at radius 1 is 0.828 bits per heavy atom. The SMILES string of the molecule is O=C(c1cc2ccccc2o1)N1CCN(c2ccc(N3CCOCC3)nn2)CC1. The van der Waals surface area contributed by atoms with Crippen molar-refractivity contribution in [2.75, 3.05) is 62.3 Å². The van der Waals surface area contributed by atoms with Gasteiger partial charge in [-0.05, 0) is 24.3 Å². The normalized spacial score (nSPS) is 17.7. The first-order valence-corrected chi connectivity index (χ1v) is 9.97. The number of anilines is 2. The van der Waals surface area contributed by atoms with E-state index in [0.717, 1.165) is 62.0 Å². The number of carbonyl (C=O) groups is 1. The molecule has 2 aliphatic heterocycles. The van der Waals surface area contributed by atoms with Gasteiger partial charge in [0.15, 0.2) is 17.4 Å². The number of nitrogens with zero attached hydrogens (tertiary/aromatic N) is 5. The average Bonchev–Trinajstić information content (AvgIpc) is 3.24. The first-order chi connectivity index (χ1) is 14.3. The molecule has 5 rings (SSSR count). The van der Waals surface area contributed by atoms with Crippen molar-refractivity contribution < 1.29 is 13.9 Å². The van der Waals surface area contributed by atoms with Crippen LogP contribution in [-0.2, 0) is 4.74 Å². The van der Waals surface area contributed by atoms with Crippen LogP contribution in [0.1, 0.15) is 10.6 Å². The summed E-state index contributed by atoms with van der Waals surface area (Å²) in [6.45, 7) is 5.84. The Morgan fingerprint density at radius 2 is 1.48 bits per heavy atom. The Balaban J connectivity index is 1.21. The lowest BCUT2D eigenvalue weighted by Crippen LogP contribution is -2.49. The fourth-order valence-corrected chi connectivity index (χ4v) is 3.83. The number of ether oxygens (including phenoxy) is 1. The highest BCUT2D eigenvalue weighted by Gasteiger charge is 2.25. The maximum absolute atomic E-state index is 12.8. The van der Waals surface area contributed by atoms with Crippen molar-refractivity contribution in [3.8, 4) is 0 Å². The van der Waals surface area contributed by atoms with E-state index in [1.165, 1.54) is 0 Å². The van der Waals surface area contributed by atoms with Gasteiger partial charge in [-0.2, -0.15) is 0 Å². The summed E-state index contributed by atoms with van der Waals surface area (Å²) in [7, 11) is 0. The molecule has 0 unspecified atom stereocenters. The molecule has 29 heavy (non-hydrogen) atoms. The number of aromatic nitrogens is 2. The van der Waals surface area contributed by atoms with E-state index in [2.05, 4.69) is 20.0 Å². The first kappa shape index (κ1) is 17.9. The van der Waals surface area contributed by atoms with Crippen molar-refractivity contribution in [3.63, 3.8) is 0 Å². The summed E-state index contributed by atoms with van der Waals surface area (Å²) < 4.78 is 11.1. The van der Waals surface area contributed by atoms with Crippen LogP contribution in [0.2, 0.25) is 0 Å². The van der Waals surface area contributed by atoms with E-state index in [0.29, 0.717) is 18.8 Å². The van der Waals surface area contributed by atoms with Crippen molar-refractivity contribution in [1.29, 1.82) is 0 Å². The molecule has 2 fully saturated rings. The van der Waals surface area contributed by atoms with E-state index >= 15 is 0 Å². The van der Waals surface area contributed by atoms with Gasteiger partial charge < -0.3 is 23.9 Å². The minimum atomic E-state index is -0.0606. The predicted octanol–water partition coefficient (Wildman–Crippen LogP) is 2.02. The van der Waals surface area contributed by atoms with Crippen molar-refractivity contribution in [3.05, 3.63) is 48.2 Å². The van der Waals surface area contributed by atoms with Crippen LogP contribution in [0.5, 0.6) is 0 Å². The number of amides is 1. The van der Waals surface area contributed by atoms with Gasteiger partial charge in [-0.25, -0.2) is 0 Å². The second kappa shape index (κ2) is 7.71. The molecule has 0 aliphatic carbocycles. The summed E-state index contributed by atoms with van der Waals surface area (Å²) in [5.74, 6) is 2.07. The zero-order valence-corrected chi connectivity index (χ0v) is 16.2. The Bertz CT molecular complexity index is 956. The number of morpholine rings is 1. The van der Waals surface area contributed by atoms with E-state index in [9.17, 15) is 4.79 Å². The molecule has 2 saturated heterocycles. The van der Waals surface area contributed by atoms with Crippen molar-refractivity contribution >= 4 is 28.5 Å². The Kier molecular flexibility index (Phi) is 4.77. The molecule has 3 aromatic rings. The maximum atomic E-state index is 12.8. The fraction of sp³-hybridized carbons (Fsp3) is 0.381.